The van der Waals surface area contributed by atoms with Crippen LogP contribution in [-0.2, 0) is 11.3 Å². The molecule has 2 rings (SSSR count). The van der Waals surface area contributed by atoms with Crippen LogP contribution >= 0.6 is 0 Å². The fourth-order valence-electron chi connectivity index (χ4n) is 2.07. The highest BCUT2D eigenvalue weighted by Crippen LogP contribution is 2.16. The van der Waals surface area contributed by atoms with Crippen molar-refractivity contribution in [1.82, 2.24) is 0 Å². The standard InChI is InChI=1S/C20H23NO3/c1-20(2,3)24-19(23)21-18-6-4-5-16(13-18)10-7-15-8-11-17(14-22)12-9-15/h4-13,22H,14H2,1-3H3,(H,21,23)/b10-7+. The summed E-state index contributed by atoms with van der Waals surface area (Å²) in [6, 6.07) is 15.2. The number of carbonyl (C=O) groups excluding carboxylic acids is 1. The van der Waals surface area contributed by atoms with E-state index in [1.165, 1.54) is 0 Å². The second-order valence-corrected chi connectivity index (χ2v) is 6.49. The van der Waals surface area contributed by atoms with E-state index in [-0.39, 0.29) is 6.61 Å². The first-order valence-electron chi connectivity index (χ1n) is 7.84. The minimum Gasteiger partial charge on any atom is -0.444 e. The number of aliphatic hydroxyl groups excluding tert-OH is 1. The monoisotopic (exact) mass is 325 g/mol. The maximum atomic E-state index is 11.8. The number of anilines is 1. The zero-order valence-electron chi connectivity index (χ0n) is 14.2. The van der Waals surface area contributed by atoms with Crippen molar-refractivity contribution >= 4 is 23.9 Å². The second kappa shape index (κ2) is 7.79. The predicted octanol–water partition coefficient (Wildman–Crippen LogP) is 4.70. The van der Waals surface area contributed by atoms with E-state index in [1.807, 2.05) is 81.5 Å². The lowest BCUT2D eigenvalue weighted by molar-refractivity contribution is 0.0636. The maximum absolute atomic E-state index is 11.8. The number of benzene rings is 2. The van der Waals surface area contributed by atoms with Crippen LogP contribution in [0, 0.1) is 0 Å². The van der Waals surface area contributed by atoms with E-state index in [0.29, 0.717) is 5.69 Å². The summed E-state index contributed by atoms with van der Waals surface area (Å²) >= 11 is 0. The third-order valence-electron chi connectivity index (χ3n) is 3.16. The predicted molar refractivity (Wildman–Crippen MR) is 97.6 cm³/mol. The largest absolute Gasteiger partial charge is 0.444 e. The highest BCUT2D eigenvalue weighted by Gasteiger charge is 2.16. The van der Waals surface area contributed by atoms with Crippen molar-refractivity contribution < 1.29 is 14.6 Å². The van der Waals surface area contributed by atoms with E-state index in [9.17, 15) is 4.79 Å². The molecule has 0 spiro atoms. The van der Waals surface area contributed by atoms with Gasteiger partial charge in [-0.2, -0.15) is 0 Å². The summed E-state index contributed by atoms with van der Waals surface area (Å²) in [6.45, 7) is 5.53. The molecule has 0 fully saturated rings. The van der Waals surface area contributed by atoms with Crippen LogP contribution in [-0.4, -0.2) is 16.8 Å². The molecule has 4 nitrogen and oxygen atoms in total. The Bertz CT molecular complexity index is 712. The van der Waals surface area contributed by atoms with Crippen molar-refractivity contribution in [2.24, 2.45) is 0 Å². The summed E-state index contributed by atoms with van der Waals surface area (Å²) in [7, 11) is 0. The fourth-order valence-corrected chi connectivity index (χ4v) is 2.07. The van der Waals surface area contributed by atoms with E-state index in [1.54, 1.807) is 0 Å². The van der Waals surface area contributed by atoms with Gasteiger partial charge in [-0.25, -0.2) is 4.79 Å². The quantitative estimate of drug-likeness (QED) is 0.801. The molecule has 0 aromatic heterocycles. The highest BCUT2D eigenvalue weighted by atomic mass is 16.6. The molecule has 0 aliphatic carbocycles. The van der Waals surface area contributed by atoms with E-state index >= 15 is 0 Å². The lowest BCUT2D eigenvalue weighted by Gasteiger charge is -2.19. The molecule has 0 atom stereocenters. The summed E-state index contributed by atoms with van der Waals surface area (Å²) in [5.74, 6) is 0. The highest BCUT2D eigenvalue weighted by molar-refractivity contribution is 5.85. The van der Waals surface area contributed by atoms with Crippen molar-refractivity contribution in [3.8, 4) is 0 Å². The molecule has 0 heterocycles. The number of rotatable bonds is 4. The summed E-state index contributed by atoms with van der Waals surface area (Å²) in [5, 5.41) is 11.8. The van der Waals surface area contributed by atoms with Gasteiger partial charge in [-0.05, 0) is 49.6 Å². The molecule has 1 amide bonds. The first-order chi connectivity index (χ1) is 11.4. The van der Waals surface area contributed by atoms with Gasteiger partial charge in [-0.1, -0.05) is 48.6 Å². The average Bonchev–Trinajstić information content (AvgIpc) is 2.52. The van der Waals surface area contributed by atoms with E-state index in [2.05, 4.69) is 5.32 Å². The van der Waals surface area contributed by atoms with Gasteiger partial charge >= 0.3 is 6.09 Å². The number of nitrogens with one attached hydrogen (secondary N) is 1. The molecule has 24 heavy (non-hydrogen) atoms. The van der Waals surface area contributed by atoms with Gasteiger partial charge in [0.1, 0.15) is 5.60 Å². The van der Waals surface area contributed by atoms with Crippen LogP contribution in [0.15, 0.2) is 48.5 Å². The van der Waals surface area contributed by atoms with Gasteiger partial charge in [-0.15, -0.1) is 0 Å². The van der Waals surface area contributed by atoms with Crippen molar-refractivity contribution in [3.05, 3.63) is 65.2 Å². The Kier molecular flexibility index (Phi) is 5.77. The van der Waals surface area contributed by atoms with Crippen molar-refractivity contribution in [2.75, 3.05) is 5.32 Å². The summed E-state index contributed by atoms with van der Waals surface area (Å²) in [4.78, 5) is 11.8. The van der Waals surface area contributed by atoms with Gasteiger partial charge in [-0.3, -0.25) is 5.32 Å². The van der Waals surface area contributed by atoms with Crippen LogP contribution in [0.4, 0.5) is 10.5 Å². The summed E-state index contributed by atoms with van der Waals surface area (Å²) in [5.41, 5.74) is 3.05. The molecule has 0 unspecified atom stereocenters. The molecule has 0 radical (unpaired) electrons. The molecule has 2 aromatic rings. The topological polar surface area (TPSA) is 58.6 Å². The molecule has 2 N–H and O–H groups in total. The zero-order chi connectivity index (χ0) is 17.6. The van der Waals surface area contributed by atoms with Gasteiger partial charge < -0.3 is 9.84 Å². The van der Waals surface area contributed by atoms with Crippen LogP contribution < -0.4 is 5.32 Å². The fraction of sp³-hybridized carbons (Fsp3) is 0.250. The van der Waals surface area contributed by atoms with Crippen LogP contribution in [0.2, 0.25) is 0 Å². The van der Waals surface area contributed by atoms with E-state index < -0.39 is 11.7 Å². The minimum atomic E-state index is -0.525. The Hall–Kier alpha value is -2.59. The molecule has 126 valence electrons. The maximum Gasteiger partial charge on any atom is 0.412 e. The Morgan fingerprint density at radius 2 is 1.75 bits per heavy atom. The van der Waals surface area contributed by atoms with Gasteiger partial charge in [0, 0.05) is 5.69 Å². The molecular weight excluding hydrogens is 302 g/mol. The van der Waals surface area contributed by atoms with Crippen LogP contribution in [0.25, 0.3) is 12.2 Å². The lowest BCUT2D eigenvalue weighted by atomic mass is 10.1. The van der Waals surface area contributed by atoms with Crippen molar-refractivity contribution in [2.45, 2.75) is 33.0 Å². The Morgan fingerprint density at radius 3 is 2.38 bits per heavy atom. The third-order valence-corrected chi connectivity index (χ3v) is 3.16. The summed E-state index contributed by atoms with van der Waals surface area (Å²) < 4.78 is 5.24. The molecule has 0 saturated heterocycles. The van der Waals surface area contributed by atoms with Crippen LogP contribution in [0.1, 0.15) is 37.5 Å². The molecule has 4 heteroatoms. The number of aliphatic hydroxyl groups is 1. The molecule has 0 aliphatic rings. The first kappa shape index (κ1) is 17.8. The van der Waals surface area contributed by atoms with Gasteiger partial charge in [0.25, 0.3) is 0 Å². The molecule has 0 bridgehead atoms. The van der Waals surface area contributed by atoms with Gasteiger partial charge in [0.2, 0.25) is 0 Å². The molecule has 0 aliphatic heterocycles. The van der Waals surface area contributed by atoms with Gasteiger partial charge in [0.15, 0.2) is 0 Å². The van der Waals surface area contributed by atoms with E-state index in [4.69, 9.17) is 9.84 Å². The van der Waals surface area contributed by atoms with Gasteiger partial charge in [0.05, 0.1) is 6.61 Å². The van der Waals surface area contributed by atoms with E-state index in [0.717, 1.165) is 16.7 Å². The average molecular weight is 325 g/mol. The smallest absolute Gasteiger partial charge is 0.412 e. The molecule has 0 saturated carbocycles. The number of amides is 1. The van der Waals surface area contributed by atoms with Crippen molar-refractivity contribution in [3.63, 3.8) is 0 Å². The van der Waals surface area contributed by atoms with Crippen LogP contribution in [0.3, 0.4) is 0 Å². The van der Waals surface area contributed by atoms with Crippen LogP contribution in [0.5, 0.6) is 0 Å². The summed E-state index contributed by atoms with van der Waals surface area (Å²) in [6.07, 6.45) is 3.48. The Balaban J connectivity index is 2.04. The second-order valence-electron chi connectivity index (χ2n) is 6.49. The normalized spacial score (nSPS) is 11.5. The number of hydrogen-bond donors (Lipinski definition) is 2. The molecular formula is C20H23NO3. The number of carbonyl (C=O) groups is 1. The third kappa shape index (κ3) is 5.89. The zero-order valence-corrected chi connectivity index (χ0v) is 14.2. The van der Waals surface area contributed by atoms with Crippen molar-refractivity contribution in [1.29, 1.82) is 0 Å². The Morgan fingerprint density at radius 1 is 1.08 bits per heavy atom. The Labute approximate surface area is 142 Å². The minimum absolute atomic E-state index is 0.0440. The first-order valence-corrected chi connectivity index (χ1v) is 7.84. The lowest BCUT2D eigenvalue weighted by Crippen LogP contribution is -2.27. The SMILES string of the molecule is CC(C)(C)OC(=O)Nc1cccc(/C=C/c2ccc(CO)cc2)c1. The number of ether oxygens (including phenoxy) is 1. The number of hydrogen-bond acceptors (Lipinski definition) is 3. The molecule has 2 aromatic carbocycles.